The number of hydrogen-bond donors (Lipinski definition) is 0. The lowest BCUT2D eigenvalue weighted by molar-refractivity contribution is -0.384. The lowest BCUT2D eigenvalue weighted by atomic mass is 10.00. The Morgan fingerprint density at radius 1 is 1.28 bits per heavy atom. The zero-order chi connectivity index (χ0) is 20.5. The number of fused-ring (bicyclic) bond motifs is 2. The van der Waals surface area contributed by atoms with Crippen molar-refractivity contribution in [2.75, 3.05) is 27.0 Å². The Balaban J connectivity index is 1.62. The number of ether oxygens (including phenoxy) is 3. The van der Waals surface area contributed by atoms with E-state index in [0.29, 0.717) is 36.8 Å². The zero-order valence-corrected chi connectivity index (χ0v) is 16.1. The van der Waals surface area contributed by atoms with Crippen LogP contribution in [0.4, 0.5) is 5.69 Å². The van der Waals surface area contributed by atoms with Gasteiger partial charge >= 0.3 is 0 Å². The Morgan fingerprint density at radius 2 is 2.03 bits per heavy atom. The molecule has 8 heteroatoms. The molecule has 0 bridgehead atoms. The van der Waals surface area contributed by atoms with Crippen molar-refractivity contribution in [2.45, 2.75) is 13.5 Å². The molecule has 150 valence electrons. The van der Waals surface area contributed by atoms with Gasteiger partial charge in [-0.15, -0.1) is 0 Å². The Kier molecular flexibility index (Phi) is 5.04. The molecule has 8 nitrogen and oxygen atoms in total. The topological polar surface area (TPSA) is 91.1 Å². The summed E-state index contributed by atoms with van der Waals surface area (Å²) in [5.74, 6) is 1.24. The van der Waals surface area contributed by atoms with Crippen LogP contribution in [0.3, 0.4) is 0 Å². The highest BCUT2D eigenvalue weighted by atomic mass is 16.6. The first-order chi connectivity index (χ1) is 14.0. The molecule has 4 rings (SSSR count). The molecule has 0 fully saturated rings. The maximum absolute atomic E-state index is 12.9. The van der Waals surface area contributed by atoms with Crippen molar-refractivity contribution in [3.05, 3.63) is 68.5 Å². The van der Waals surface area contributed by atoms with Crippen LogP contribution in [0.2, 0.25) is 0 Å². The number of carbonyl (C=O) groups excluding carboxylic acids is 1. The number of benzene rings is 2. The Bertz CT molecular complexity index is 1010. The maximum Gasteiger partial charge on any atom is 0.269 e. The lowest BCUT2D eigenvalue weighted by Crippen LogP contribution is -2.34. The fourth-order valence-electron chi connectivity index (χ4n) is 3.50. The van der Waals surface area contributed by atoms with Gasteiger partial charge in [-0.3, -0.25) is 19.8 Å². The van der Waals surface area contributed by atoms with Gasteiger partial charge in [0.15, 0.2) is 5.76 Å². The molecule has 2 heterocycles. The van der Waals surface area contributed by atoms with E-state index in [9.17, 15) is 14.9 Å². The van der Waals surface area contributed by atoms with Gasteiger partial charge in [0.2, 0.25) is 5.78 Å². The number of hydrogen-bond acceptors (Lipinski definition) is 7. The third-order valence-electron chi connectivity index (χ3n) is 5.02. The molecule has 0 unspecified atom stereocenters. The van der Waals surface area contributed by atoms with Crippen molar-refractivity contribution in [3.8, 4) is 11.5 Å². The quantitative estimate of drug-likeness (QED) is 0.435. The molecule has 0 spiro atoms. The number of carbonyl (C=O) groups is 1. The van der Waals surface area contributed by atoms with Crippen LogP contribution in [0.15, 0.2) is 36.1 Å². The van der Waals surface area contributed by atoms with E-state index in [1.807, 2.05) is 13.0 Å². The average Bonchev–Trinajstić information content (AvgIpc) is 3.03. The molecule has 29 heavy (non-hydrogen) atoms. The van der Waals surface area contributed by atoms with Crippen LogP contribution >= 0.6 is 0 Å². The summed E-state index contributed by atoms with van der Waals surface area (Å²) in [6, 6.07) is 7.78. The van der Waals surface area contributed by atoms with Crippen LogP contribution < -0.4 is 9.47 Å². The van der Waals surface area contributed by atoms with E-state index in [1.54, 1.807) is 25.3 Å². The molecule has 0 amide bonds. The second-order valence-electron chi connectivity index (χ2n) is 6.97. The van der Waals surface area contributed by atoms with Crippen LogP contribution in [0.5, 0.6) is 11.5 Å². The predicted octanol–water partition coefficient (Wildman–Crippen LogP) is 3.32. The highest BCUT2D eigenvalue weighted by Crippen LogP contribution is 2.43. The monoisotopic (exact) mass is 396 g/mol. The molecule has 0 aliphatic carbocycles. The summed E-state index contributed by atoms with van der Waals surface area (Å²) in [6.07, 6.45) is 1.59. The zero-order valence-electron chi connectivity index (χ0n) is 16.1. The van der Waals surface area contributed by atoms with E-state index in [0.717, 1.165) is 23.4 Å². The fourth-order valence-corrected chi connectivity index (χ4v) is 3.50. The van der Waals surface area contributed by atoms with Gasteiger partial charge in [-0.1, -0.05) is 0 Å². The molecule has 2 aliphatic heterocycles. The van der Waals surface area contributed by atoms with E-state index >= 15 is 0 Å². The minimum absolute atomic E-state index is 0.00667. The minimum atomic E-state index is -0.464. The maximum atomic E-state index is 12.9. The molecule has 0 radical (unpaired) electrons. The molecule has 0 atom stereocenters. The largest absolute Gasteiger partial charge is 0.477 e. The first-order valence-electron chi connectivity index (χ1n) is 9.17. The number of methoxy groups -OCH3 is 1. The lowest BCUT2D eigenvalue weighted by Gasteiger charge is -2.30. The average molecular weight is 396 g/mol. The highest BCUT2D eigenvalue weighted by molar-refractivity contribution is 6.15. The van der Waals surface area contributed by atoms with E-state index < -0.39 is 4.92 Å². The van der Waals surface area contributed by atoms with Gasteiger partial charge in [-0.2, -0.15) is 0 Å². The van der Waals surface area contributed by atoms with Gasteiger partial charge in [0.25, 0.3) is 5.69 Å². The van der Waals surface area contributed by atoms with Crippen LogP contribution in [0.1, 0.15) is 27.0 Å². The number of rotatable bonds is 5. The summed E-state index contributed by atoms with van der Waals surface area (Å²) in [6.45, 7) is 4.34. The van der Waals surface area contributed by atoms with E-state index in [1.165, 1.54) is 12.1 Å². The van der Waals surface area contributed by atoms with Gasteiger partial charge in [0.05, 0.1) is 17.1 Å². The Morgan fingerprint density at radius 3 is 2.72 bits per heavy atom. The Hall–Kier alpha value is -3.23. The summed E-state index contributed by atoms with van der Waals surface area (Å²) in [7, 11) is 1.66. The number of nitro groups is 1. The smallest absolute Gasteiger partial charge is 0.269 e. The van der Waals surface area contributed by atoms with E-state index in [2.05, 4.69) is 4.90 Å². The van der Waals surface area contributed by atoms with Gasteiger partial charge < -0.3 is 14.2 Å². The molecule has 2 aliphatic rings. The first kappa shape index (κ1) is 19.1. The highest BCUT2D eigenvalue weighted by Gasteiger charge is 2.33. The van der Waals surface area contributed by atoms with Gasteiger partial charge in [0.1, 0.15) is 18.2 Å². The van der Waals surface area contributed by atoms with Crippen molar-refractivity contribution in [1.29, 1.82) is 0 Å². The van der Waals surface area contributed by atoms with Crippen LogP contribution in [0.25, 0.3) is 6.08 Å². The number of allylic oxidation sites excluding steroid dienone is 1. The minimum Gasteiger partial charge on any atom is -0.477 e. The standard InChI is InChI=1S/C21H20N2O6/c1-13-20-15(11-22(12-28-20)7-8-27-2)10-17-19(24)18(29-21(13)17)9-14-3-5-16(6-4-14)23(25)26/h3-6,9-10H,7-8,11-12H2,1-2H3/b18-9-. The molecule has 2 aromatic carbocycles. The van der Waals surface area contributed by atoms with Crippen molar-refractivity contribution in [2.24, 2.45) is 0 Å². The summed E-state index contributed by atoms with van der Waals surface area (Å²) < 4.78 is 16.9. The summed E-state index contributed by atoms with van der Waals surface area (Å²) in [5, 5.41) is 10.8. The molecular weight excluding hydrogens is 376 g/mol. The normalized spacial score (nSPS) is 16.9. The van der Waals surface area contributed by atoms with Crippen molar-refractivity contribution >= 4 is 17.5 Å². The summed E-state index contributed by atoms with van der Waals surface area (Å²) >= 11 is 0. The molecule has 0 saturated heterocycles. The van der Waals surface area contributed by atoms with Crippen molar-refractivity contribution in [1.82, 2.24) is 4.90 Å². The third-order valence-corrected chi connectivity index (χ3v) is 5.02. The van der Waals surface area contributed by atoms with Gasteiger partial charge in [0, 0.05) is 43.5 Å². The molecule has 0 saturated carbocycles. The van der Waals surface area contributed by atoms with Crippen LogP contribution in [-0.4, -0.2) is 42.6 Å². The molecule has 0 aromatic heterocycles. The Labute approximate surface area is 167 Å². The first-order valence-corrected chi connectivity index (χ1v) is 9.17. The number of ketones is 1. The van der Waals surface area contributed by atoms with E-state index in [4.69, 9.17) is 14.2 Å². The van der Waals surface area contributed by atoms with Crippen LogP contribution in [-0.2, 0) is 11.3 Å². The second kappa shape index (κ2) is 7.65. The number of nitrogens with zero attached hydrogens (tertiary/aromatic N) is 2. The molecular formula is C21H20N2O6. The summed E-state index contributed by atoms with van der Waals surface area (Å²) in [4.78, 5) is 25.3. The number of Topliss-reactive ketones (excluding diaryl/α,β-unsaturated/α-hetero) is 1. The fraction of sp³-hybridized carbons (Fsp3) is 0.286. The van der Waals surface area contributed by atoms with Crippen LogP contribution in [0, 0.1) is 17.0 Å². The molecule has 2 aromatic rings. The summed E-state index contributed by atoms with van der Waals surface area (Å²) in [5.41, 5.74) is 2.89. The predicted molar refractivity (Wildman–Crippen MR) is 105 cm³/mol. The van der Waals surface area contributed by atoms with Gasteiger partial charge in [-0.25, -0.2) is 0 Å². The van der Waals surface area contributed by atoms with E-state index in [-0.39, 0.29) is 17.2 Å². The molecule has 0 N–H and O–H groups in total. The van der Waals surface area contributed by atoms with Gasteiger partial charge in [-0.05, 0) is 36.8 Å². The third kappa shape index (κ3) is 3.59. The van der Waals surface area contributed by atoms with Crippen molar-refractivity contribution in [3.63, 3.8) is 0 Å². The number of nitro benzene ring substituents is 1. The number of non-ortho nitro benzene ring substituents is 1. The second-order valence-corrected chi connectivity index (χ2v) is 6.97. The SMILES string of the molecule is COCCN1COc2c(cc3c(c2C)O/C(=C\c2ccc([N+](=O)[O-])cc2)C3=O)C1. The van der Waals surface area contributed by atoms with Crippen molar-refractivity contribution < 1.29 is 23.9 Å².